The van der Waals surface area contributed by atoms with Gasteiger partial charge in [-0.05, 0) is 24.6 Å². The molecule has 15 heavy (non-hydrogen) atoms. The van der Waals surface area contributed by atoms with Crippen LogP contribution in [-0.2, 0) is 17.1 Å². The highest BCUT2D eigenvalue weighted by Gasteiger charge is 2.12. The quantitative estimate of drug-likeness (QED) is 0.590. The lowest BCUT2D eigenvalue weighted by atomic mass is 10.3. The second-order valence-corrected chi connectivity index (χ2v) is 4.86. The zero-order valence-corrected chi connectivity index (χ0v) is 9.24. The minimum atomic E-state index is -3.38. The molecule has 0 spiro atoms. The van der Waals surface area contributed by atoms with Crippen molar-refractivity contribution in [2.45, 2.75) is 12.8 Å². The van der Waals surface area contributed by atoms with Crippen LogP contribution < -0.4 is 10.5 Å². The Morgan fingerprint density at radius 3 is 2.73 bits per heavy atom. The predicted molar refractivity (Wildman–Crippen MR) is 54.5 cm³/mol. The van der Waals surface area contributed by atoms with E-state index >= 15 is 0 Å². The van der Waals surface area contributed by atoms with E-state index in [1.807, 2.05) is 0 Å². The maximum Gasteiger partial charge on any atom is 0.276 e. The van der Waals surface area contributed by atoms with Gasteiger partial charge in [0.15, 0.2) is 0 Å². The molecule has 0 aliphatic carbocycles. The summed E-state index contributed by atoms with van der Waals surface area (Å²) in [7, 11) is -1.82. The maximum absolute atomic E-state index is 11.4. The van der Waals surface area contributed by atoms with Crippen molar-refractivity contribution in [3.63, 3.8) is 0 Å². The van der Waals surface area contributed by atoms with Crippen LogP contribution in [0.25, 0.3) is 0 Å². The zero-order chi connectivity index (χ0) is 11.3. The normalized spacial score (nSPS) is 11.6. The molecule has 0 atom stereocenters. The van der Waals surface area contributed by atoms with Crippen LogP contribution in [0.5, 0.6) is 0 Å². The van der Waals surface area contributed by atoms with Crippen LogP contribution in [0.3, 0.4) is 0 Å². The molecule has 0 saturated heterocycles. The molecular weight excluding hydrogens is 220 g/mol. The second-order valence-electron chi connectivity index (χ2n) is 3.02. The minimum Gasteiger partial charge on any atom is -0.330 e. The first-order valence-electron chi connectivity index (χ1n) is 4.48. The maximum atomic E-state index is 11.4. The van der Waals surface area contributed by atoms with Gasteiger partial charge < -0.3 is 5.73 Å². The fourth-order valence-electron chi connectivity index (χ4n) is 0.952. The largest absolute Gasteiger partial charge is 0.330 e. The molecule has 1 aromatic rings. The number of nitrogens with one attached hydrogen (secondary N) is 1. The summed E-state index contributed by atoms with van der Waals surface area (Å²) in [5.41, 5.74) is 5.26. The third-order valence-electron chi connectivity index (χ3n) is 1.62. The van der Waals surface area contributed by atoms with E-state index < -0.39 is 10.0 Å². The fourth-order valence-corrected chi connectivity index (χ4v) is 2.00. The third kappa shape index (κ3) is 4.21. The molecule has 1 heterocycles. The number of anilines is 1. The van der Waals surface area contributed by atoms with Gasteiger partial charge in [0.05, 0.1) is 12.8 Å². The van der Waals surface area contributed by atoms with Crippen LogP contribution in [0.2, 0.25) is 0 Å². The Kier molecular flexibility index (Phi) is 3.97. The first-order chi connectivity index (χ1) is 7.03. The van der Waals surface area contributed by atoms with E-state index in [-0.39, 0.29) is 11.7 Å². The molecular formula is C6H14N6O2S. The van der Waals surface area contributed by atoms with Crippen molar-refractivity contribution < 1.29 is 8.42 Å². The molecule has 0 aromatic carbocycles. The Morgan fingerprint density at radius 2 is 2.20 bits per heavy atom. The Labute approximate surface area is 87.9 Å². The SMILES string of the molecule is Cn1nnc(NS(=O)(=O)CCCCN)n1. The molecule has 0 radical (unpaired) electrons. The van der Waals surface area contributed by atoms with E-state index in [4.69, 9.17) is 5.73 Å². The fraction of sp³-hybridized carbons (Fsp3) is 0.833. The van der Waals surface area contributed by atoms with Crippen molar-refractivity contribution >= 4 is 16.0 Å². The van der Waals surface area contributed by atoms with E-state index in [0.29, 0.717) is 19.4 Å². The van der Waals surface area contributed by atoms with Gasteiger partial charge in [-0.3, -0.25) is 0 Å². The standard InChI is InChI=1S/C6H14N6O2S/c1-12-9-6(8-11-12)10-15(13,14)5-3-2-4-7/h2-5,7H2,1H3,(H,9,10). The van der Waals surface area contributed by atoms with Gasteiger partial charge in [-0.1, -0.05) is 5.10 Å². The molecule has 0 unspecified atom stereocenters. The lowest BCUT2D eigenvalue weighted by Gasteiger charge is -2.02. The van der Waals surface area contributed by atoms with Gasteiger partial charge in [-0.2, -0.15) is 4.80 Å². The third-order valence-corrected chi connectivity index (χ3v) is 2.94. The summed E-state index contributed by atoms with van der Waals surface area (Å²) >= 11 is 0. The van der Waals surface area contributed by atoms with Gasteiger partial charge in [0.25, 0.3) is 5.95 Å². The summed E-state index contributed by atoms with van der Waals surface area (Å²) in [4.78, 5) is 1.18. The Bertz CT molecular complexity index is 400. The molecule has 0 fully saturated rings. The molecule has 0 aliphatic rings. The van der Waals surface area contributed by atoms with Crippen LogP contribution in [0, 0.1) is 0 Å². The topological polar surface area (TPSA) is 116 Å². The minimum absolute atomic E-state index is 0.00903. The Hall–Kier alpha value is -1.22. The Morgan fingerprint density at radius 1 is 1.47 bits per heavy atom. The average molecular weight is 234 g/mol. The second kappa shape index (κ2) is 5.03. The van der Waals surface area contributed by atoms with Gasteiger partial charge in [-0.25, -0.2) is 13.1 Å². The average Bonchev–Trinajstić information content (AvgIpc) is 2.50. The lowest BCUT2D eigenvalue weighted by Crippen LogP contribution is -2.18. The highest BCUT2D eigenvalue weighted by atomic mass is 32.2. The molecule has 3 N–H and O–H groups in total. The van der Waals surface area contributed by atoms with Gasteiger partial charge in [-0.15, -0.1) is 5.10 Å². The number of sulfonamides is 1. The lowest BCUT2D eigenvalue weighted by molar-refractivity contribution is 0.596. The summed E-state index contributed by atoms with van der Waals surface area (Å²) < 4.78 is 25.1. The molecule has 1 rings (SSSR count). The van der Waals surface area contributed by atoms with Crippen molar-refractivity contribution in [1.82, 2.24) is 20.2 Å². The molecule has 0 saturated carbocycles. The van der Waals surface area contributed by atoms with E-state index in [0.717, 1.165) is 0 Å². The molecule has 1 aromatic heterocycles. The summed E-state index contributed by atoms with van der Waals surface area (Å²) in [5, 5.41) is 10.7. The van der Waals surface area contributed by atoms with Crippen LogP contribution in [0.4, 0.5) is 5.95 Å². The zero-order valence-electron chi connectivity index (χ0n) is 8.42. The number of rotatable bonds is 6. The molecule has 86 valence electrons. The highest BCUT2D eigenvalue weighted by molar-refractivity contribution is 7.92. The van der Waals surface area contributed by atoms with E-state index in [1.165, 1.54) is 4.80 Å². The Balaban J connectivity index is 2.49. The van der Waals surface area contributed by atoms with Crippen LogP contribution in [0.15, 0.2) is 0 Å². The number of aryl methyl sites for hydroxylation is 1. The number of nitrogens with two attached hydrogens (primary N) is 1. The summed E-state index contributed by atoms with van der Waals surface area (Å²) in [6.45, 7) is 0.485. The van der Waals surface area contributed by atoms with Crippen LogP contribution in [-0.4, -0.2) is 40.9 Å². The van der Waals surface area contributed by atoms with Crippen molar-refractivity contribution in [3.8, 4) is 0 Å². The summed E-state index contributed by atoms with van der Waals surface area (Å²) in [5.74, 6) is 0.00729. The number of unbranched alkanes of at least 4 members (excludes halogenated alkanes) is 1. The monoisotopic (exact) mass is 234 g/mol. The number of aromatic nitrogens is 4. The molecule has 0 amide bonds. The first-order valence-corrected chi connectivity index (χ1v) is 6.13. The van der Waals surface area contributed by atoms with E-state index in [1.54, 1.807) is 7.05 Å². The molecule has 0 bridgehead atoms. The van der Waals surface area contributed by atoms with Crippen molar-refractivity contribution in [2.75, 3.05) is 17.0 Å². The van der Waals surface area contributed by atoms with Gasteiger partial charge in [0.1, 0.15) is 0 Å². The van der Waals surface area contributed by atoms with Crippen molar-refractivity contribution in [1.29, 1.82) is 0 Å². The molecule has 9 heteroatoms. The first kappa shape index (κ1) is 11.9. The molecule has 0 aliphatic heterocycles. The summed E-state index contributed by atoms with van der Waals surface area (Å²) in [6.07, 6.45) is 1.20. The predicted octanol–water partition coefficient (Wildman–Crippen LogP) is -1.31. The van der Waals surface area contributed by atoms with Crippen molar-refractivity contribution in [3.05, 3.63) is 0 Å². The smallest absolute Gasteiger partial charge is 0.276 e. The van der Waals surface area contributed by atoms with Gasteiger partial charge >= 0.3 is 0 Å². The highest BCUT2D eigenvalue weighted by Crippen LogP contribution is 2.01. The number of tetrazole rings is 1. The van der Waals surface area contributed by atoms with Gasteiger partial charge in [0, 0.05) is 0 Å². The van der Waals surface area contributed by atoms with E-state index in [2.05, 4.69) is 20.1 Å². The number of hydrogen-bond donors (Lipinski definition) is 2. The van der Waals surface area contributed by atoms with Crippen LogP contribution in [0.1, 0.15) is 12.8 Å². The van der Waals surface area contributed by atoms with Crippen molar-refractivity contribution in [2.24, 2.45) is 12.8 Å². The summed E-state index contributed by atoms with van der Waals surface area (Å²) in [6, 6.07) is 0. The number of nitrogens with zero attached hydrogens (tertiary/aromatic N) is 4. The number of hydrogen-bond acceptors (Lipinski definition) is 6. The molecule has 8 nitrogen and oxygen atoms in total. The van der Waals surface area contributed by atoms with Gasteiger partial charge in [0.2, 0.25) is 10.0 Å². The van der Waals surface area contributed by atoms with E-state index in [9.17, 15) is 8.42 Å². The van der Waals surface area contributed by atoms with Crippen LogP contribution >= 0.6 is 0 Å².